The van der Waals surface area contributed by atoms with E-state index in [0.717, 1.165) is 22.4 Å². The molecule has 0 fully saturated rings. The van der Waals surface area contributed by atoms with Gasteiger partial charge in [0.1, 0.15) is 5.75 Å². The van der Waals surface area contributed by atoms with E-state index in [2.05, 4.69) is 5.32 Å². The van der Waals surface area contributed by atoms with E-state index in [9.17, 15) is 4.79 Å². The molecule has 2 aromatic rings. The van der Waals surface area contributed by atoms with Gasteiger partial charge in [-0.3, -0.25) is 4.79 Å². The lowest BCUT2D eigenvalue weighted by Gasteiger charge is -2.05. The fourth-order valence-corrected chi connectivity index (χ4v) is 2.10. The number of methoxy groups -OCH3 is 1. The maximum absolute atomic E-state index is 11.8. The largest absolute Gasteiger partial charge is 0.497 e. The number of carbonyl (C=O) groups excluding carboxylic acids is 1. The standard InChI is InChI=1S/C18H18ClNO2/c1-13-6-7-14(11-17(13)19)8-9-18(21)20-12-15-4-3-5-16(10-15)22-2/h3-11H,12H2,1-2H3,(H,20,21)/b9-8+. The Morgan fingerprint density at radius 2 is 2.09 bits per heavy atom. The molecule has 1 amide bonds. The fourth-order valence-electron chi connectivity index (χ4n) is 1.92. The van der Waals surface area contributed by atoms with Crippen LogP contribution in [-0.2, 0) is 11.3 Å². The van der Waals surface area contributed by atoms with E-state index in [-0.39, 0.29) is 5.91 Å². The minimum absolute atomic E-state index is 0.153. The lowest BCUT2D eigenvalue weighted by Crippen LogP contribution is -2.20. The molecule has 2 rings (SSSR count). The van der Waals surface area contributed by atoms with Crippen molar-refractivity contribution < 1.29 is 9.53 Å². The van der Waals surface area contributed by atoms with Crippen LogP contribution in [0.15, 0.2) is 48.5 Å². The zero-order chi connectivity index (χ0) is 15.9. The molecule has 0 radical (unpaired) electrons. The van der Waals surface area contributed by atoms with Gasteiger partial charge in [-0.2, -0.15) is 0 Å². The van der Waals surface area contributed by atoms with Crippen LogP contribution in [0.2, 0.25) is 5.02 Å². The summed E-state index contributed by atoms with van der Waals surface area (Å²) < 4.78 is 5.15. The van der Waals surface area contributed by atoms with Crippen molar-refractivity contribution in [3.8, 4) is 5.75 Å². The number of benzene rings is 2. The highest BCUT2D eigenvalue weighted by atomic mass is 35.5. The summed E-state index contributed by atoms with van der Waals surface area (Å²) in [6.07, 6.45) is 3.24. The average molecular weight is 316 g/mol. The van der Waals surface area contributed by atoms with E-state index in [0.29, 0.717) is 11.6 Å². The van der Waals surface area contributed by atoms with E-state index in [1.54, 1.807) is 13.2 Å². The predicted molar refractivity (Wildman–Crippen MR) is 90.1 cm³/mol. The Bertz CT molecular complexity index is 695. The minimum Gasteiger partial charge on any atom is -0.497 e. The molecule has 1 N–H and O–H groups in total. The summed E-state index contributed by atoms with van der Waals surface area (Å²) in [5, 5.41) is 3.53. The molecule has 4 heteroatoms. The molecule has 0 aliphatic heterocycles. The third-order valence-corrected chi connectivity index (χ3v) is 3.63. The molecule has 3 nitrogen and oxygen atoms in total. The molecular formula is C18H18ClNO2. The zero-order valence-corrected chi connectivity index (χ0v) is 13.4. The van der Waals surface area contributed by atoms with Crippen LogP contribution in [0, 0.1) is 6.92 Å². The van der Waals surface area contributed by atoms with Gasteiger partial charge in [-0.15, -0.1) is 0 Å². The normalized spacial score (nSPS) is 10.7. The lowest BCUT2D eigenvalue weighted by molar-refractivity contribution is -0.116. The summed E-state index contributed by atoms with van der Waals surface area (Å²) >= 11 is 6.05. The van der Waals surface area contributed by atoms with E-state index in [1.807, 2.05) is 49.4 Å². The van der Waals surface area contributed by atoms with Gasteiger partial charge in [0.15, 0.2) is 0 Å². The minimum atomic E-state index is -0.153. The molecular weight excluding hydrogens is 298 g/mol. The first-order valence-corrected chi connectivity index (χ1v) is 7.31. The maximum atomic E-state index is 11.8. The molecule has 0 aromatic heterocycles. The summed E-state index contributed by atoms with van der Waals surface area (Å²) in [7, 11) is 1.62. The molecule has 0 aliphatic carbocycles. The van der Waals surface area contributed by atoms with Gasteiger partial charge in [0.25, 0.3) is 0 Å². The number of hydrogen-bond acceptors (Lipinski definition) is 2. The van der Waals surface area contributed by atoms with Crippen molar-refractivity contribution >= 4 is 23.6 Å². The number of carbonyl (C=O) groups is 1. The van der Waals surface area contributed by atoms with Crippen LogP contribution >= 0.6 is 11.6 Å². The average Bonchev–Trinajstić information content (AvgIpc) is 2.54. The summed E-state index contributed by atoms with van der Waals surface area (Å²) in [4.78, 5) is 11.8. The van der Waals surface area contributed by atoms with Gasteiger partial charge >= 0.3 is 0 Å². The van der Waals surface area contributed by atoms with Crippen LogP contribution in [0.3, 0.4) is 0 Å². The van der Waals surface area contributed by atoms with Crippen LogP contribution in [-0.4, -0.2) is 13.0 Å². The number of nitrogens with one attached hydrogen (secondary N) is 1. The van der Waals surface area contributed by atoms with E-state index >= 15 is 0 Å². The van der Waals surface area contributed by atoms with Crippen molar-refractivity contribution in [3.05, 3.63) is 70.3 Å². The Hall–Kier alpha value is -2.26. The quantitative estimate of drug-likeness (QED) is 0.847. The summed E-state index contributed by atoms with van der Waals surface area (Å²) in [6.45, 7) is 2.39. The molecule has 2 aromatic carbocycles. The van der Waals surface area contributed by atoms with E-state index in [1.165, 1.54) is 6.08 Å². The molecule has 0 heterocycles. The second-order valence-electron chi connectivity index (χ2n) is 4.91. The van der Waals surface area contributed by atoms with Gasteiger partial charge < -0.3 is 10.1 Å². The van der Waals surface area contributed by atoms with Crippen molar-refractivity contribution in [1.82, 2.24) is 5.32 Å². The van der Waals surface area contributed by atoms with Gasteiger partial charge in [-0.1, -0.05) is 35.9 Å². The monoisotopic (exact) mass is 315 g/mol. The molecule has 114 valence electrons. The van der Waals surface area contributed by atoms with E-state index in [4.69, 9.17) is 16.3 Å². The molecule has 0 unspecified atom stereocenters. The highest BCUT2D eigenvalue weighted by molar-refractivity contribution is 6.31. The van der Waals surface area contributed by atoms with Crippen molar-refractivity contribution in [2.75, 3.05) is 7.11 Å². The molecule has 0 bridgehead atoms. The molecule has 0 atom stereocenters. The van der Waals surface area contributed by atoms with Crippen LogP contribution < -0.4 is 10.1 Å². The van der Waals surface area contributed by atoms with Crippen molar-refractivity contribution in [2.24, 2.45) is 0 Å². The first kappa shape index (κ1) is 16.1. The Balaban J connectivity index is 1.92. The fraction of sp³-hybridized carbons (Fsp3) is 0.167. The SMILES string of the molecule is COc1cccc(CNC(=O)/C=C/c2ccc(C)c(Cl)c2)c1. The van der Waals surface area contributed by atoms with Gasteiger partial charge in [0.2, 0.25) is 5.91 Å². The van der Waals surface area contributed by atoms with Crippen molar-refractivity contribution in [1.29, 1.82) is 0 Å². The Morgan fingerprint density at radius 1 is 1.27 bits per heavy atom. The van der Waals surface area contributed by atoms with Crippen molar-refractivity contribution in [3.63, 3.8) is 0 Å². The lowest BCUT2D eigenvalue weighted by atomic mass is 10.1. The molecule has 22 heavy (non-hydrogen) atoms. The Kier molecular flexibility index (Phi) is 5.61. The third-order valence-electron chi connectivity index (χ3n) is 3.22. The number of rotatable bonds is 5. The predicted octanol–water partition coefficient (Wildman–Crippen LogP) is 3.99. The third kappa shape index (κ3) is 4.64. The Labute approximate surface area is 135 Å². The van der Waals surface area contributed by atoms with Crippen LogP contribution in [0.5, 0.6) is 5.75 Å². The van der Waals surface area contributed by atoms with Crippen LogP contribution in [0.4, 0.5) is 0 Å². The first-order chi connectivity index (χ1) is 10.6. The summed E-state index contributed by atoms with van der Waals surface area (Å²) in [5.41, 5.74) is 2.90. The van der Waals surface area contributed by atoms with Gasteiger partial charge in [0, 0.05) is 17.6 Å². The molecule has 0 saturated heterocycles. The first-order valence-electron chi connectivity index (χ1n) is 6.93. The zero-order valence-electron chi connectivity index (χ0n) is 12.6. The molecule has 0 aliphatic rings. The highest BCUT2D eigenvalue weighted by Gasteiger charge is 1.99. The number of halogens is 1. The van der Waals surface area contributed by atoms with E-state index < -0.39 is 0 Å². The Morgan fingerprint density at radius 3 is 2.82 bits per heavy atom. The topological polar surface area (TPSA) is 38.3 Å². The van der Waals surface area contributed by atoms with Gasteiger partial charge in [-0.25, -0.2) is 0 Å². The molecule has 0 saturated carbocycles. The van der Waals surface area contributed by atoms with Crippen LogP contribution in [0.1, 0.15) is 16.7 Å². The smallest absolute Gasteiger partial charge is 0.244 e. The summed E-state index contributed by atoms with van der Waals surface area (Å²) in [6, 6.07) is 13.3. The molecule has 0 spiro atoms. The van der Waals surface area contributed by atoms with Crippen LogP contribution in [0.25, 0.3) is 6.08 Å². The highest BCUT2D eigenvalue weighted by Crippen LogP contribution is 2.17. The van der Waals surface area contributed by atoms with Gasteiger partial charge in [0.05, 0.1) is 7.11 Å². The number of hydrogen-bond donors (Lipinski definition) is 1. The number of aryl methyl sites for hydroxylation is 1. The summed E-state index contributed by atoms with van der Waals surface area (Å²) in [5.74, 6) is 0.621. The number of amides is 1. The second kappa shape index (κ2) is 7.66. The maximum Gasteiger partial charge on any atom is 0.244 e. The van der Waals surface area contributed by atoms with Crippen molar-refractivity contribution in [2.45, 2.75) is 13.5 Å². The number of ether oxygens (including phenoxy) is 1. The van der Waals surface area contributed by atoms with Gasteiger partial charge in [-0.05, 0) is 47.9 Å². The second-order valence-corrected chi connectivity index (χ2v) is 5.32.